The first kappa shape index (κ1) is 14.6. The second kappa shape index (κ2) is 7.76. The van der Waals surface area contributed by atoms with Crippen LogP contribution >= 0.6 is 15.9 Å². The topological polar surface area (TPSA) is 54.9 Å². The molecule has 0 bridgehead atoms. The van der Waals surface area contributed by atoms with Crippen molar-refractivity contribution in [1.29, 1.82) is 0 Å². The van der Waals surface area contributed by atoms with E-state index in [-0.39, 0.29) is 0 Å². The van der Waals surface area contributed by atoms with Crippen LogP contribution in [0, 0.1) is 0 Å². The largest absolute Gasteiger partial charge is 0.370 e. The Hall–Kier alpha value is -0.490. The van der Waals surface area contributed by atoms with E-state index < -0.39 is 10.8 Å². The van der Waals surface area contributed by atoms with Gasteiger partial charge >= 0.3 is 0 Å². The van der Waals surface area contributed by atoms with Gasteiger partial charge in [0.05, 0.1) is 0 Å². The molecule has 0 amide bonds. The SMILES string of the molecule is CCCc1nc(Br)cc(NCCCS(C)=O)n1. The number of aryl methyl sites for hydroxylation is 1. The second-order valence-electron chi connectivity index (χ2n) is 3.80. The van der Waals surface area contributed by atoms with Crippen LogP contribution in [0.5, 0.6) is 0 Å². The van der Waals surface area contributed by atoms with E-state index in [4.69, 9.17) is 0 Å². The van der Waals surface area contributed by atoms with Gasteiger partial charge in [-0.15, -0.1) is 0 Å². The van der Waals surface area contributed by atoms with Crippen LogP contribution in [0.1, 0.15) is 25.6 Å². The normalized spacial score (nSPS) is 12.4. The van der Waals surface area contributed by atoms with Crippen molar-refractivity contribution in [2.24, 2.45) is 0 Å². The third-order valence-electron chi connectivity index (χ3n) is 2.13. The zero-order chi connectivity index (χ0) is 12.7. The highest BCUT2D eigenvalue weighted by atomic mass is 79.9. The number of aromatic nitrogens is 2. The summed E-state index contributed by atoms with van der Waals surface area (Å²) in [5, 5.41) is 3.22. The zero-order valence-corrected chi connectivity index (χ0v) is 12.6. The molecule has 1 unspecified atom stereocenters. The molecular formula is C11H18BrN3OS. The predicted molar refractivity (Wildman–Crippen MR) is 75.8 cm³/mol. The highest BCUT2D eigenvalue weighted by Crippen LogP contribution is 2.13. The van der Waals surface area contributed by atoms with Gasteiger partial charge in [0, 0.05) is 41.8 Å². The smallest absolute Gasteiger partial charge is 0.132 e. The van der Waals surface area contributed by atoms with E-state index in [1.165, 1.54) is 0 Å². The number of nitrogens with zero attached hydrogens (tertiary/aromatic N) is 2. The first-order valence-electron chi connectivity index (χ1n) is 5.69. The number of anilines is 1. The maximum atomic E-state index is 10.9. The lowest BCUT2D eigenvalue weighted by atomic mass is 10.3. The van der Waals surface area contributed by atoms with Crippen molar-refractivity contribution in [3.05, 3.63) is 16.5 Å². The minimum atomic E-state index is -0.717. The Bertz CT molecular complexity index is 387. The van der Waals surface area contributed by atoms with Crippen LogP contribution in [0.3, 0.4) is 0 Å². The van der Waals surface area contributed by atoms with Crippen LogP contribution in [0.15, 0.2) is 10.7 Å². The van der Waals surface area contributed by atoms with Gasteiger partial charge in [0.15, 0.2) is 0 Å². The van der Waals surface area contributed by atoms with Gasteiger partial charge in [-0.2, -0.15) is 0 Å². The highest BCUT2D eigenvalue weighted by molar-refractivity contribution is 9.10. The second-order valence-corrected chi connectivity index (χ2v) is 6.17. The summed E-state index contributed by atoms with van der Waals surface area (Å²) in [6, 6.07) is 1.86. The van der Waals surface area contributed by atoms with Crippen LogP contribution in [-0.2, 0) is 17.2 Å². The number of halogens is 1. The summed E-state index contributed by atoms with van der Waals surface area (Å²) in [5.74, 6) is 2.40. The molecule has 0 aromatic carbocycles. The molecule has 0 aliphatic carbocycles. The Morgan fingerprint density at radius 1 is 1.47 bits per heavy atom. The predicted octanol–water partition coefficient (Wildman–Crippen LogP) is 2.37. The quantitative estimate of drug-likeness (QED) is 0.619. The molecule has 0 spiro atoms. The average Bonchev–Trinajstić information content (AvgIpc) is 2.24. The van der Waals surface area contributed by atoms with Gasteiger partial charge in [-0.25, -0.2) is 9.97 Å². The number of rotatable bonds is 7. The van der Waals surface area contributed by atoms with Crippen LogP contribution in [0.2, 0.25) is 0 Å². The standard InChI is InChI=1S/C11H18BrN3OS/c1-3-5-10-14-9(12)8-11(15-10)13-6-4-7-17(2)16/h8H,3-7H2,1-2H3,(H,13,14,15). The lowest BCUT2D eigenvalue weighted by Crippen LogP contribution is -2.08. The molecule has 6 heteroatoms. The fourth-order valence-corrected chi connectivity index (χ4v) is 2.35. The first-order valence-corrected chi connectivity index (χ1v) is 8.21. The van der Waals surface area contributed by atoms with E-state index in [1.54, 1.807) is 6.26 Å². The minimum Gasteiger partial charge on any atom is -0.370 e. The molecule has 0 aliphatic rings. The molecule has 0 saturated heterocycles. The van der Waals surface area contributed by atoms with Gasteiger partial charge < -0.3 is 5.32 Å². The molecule has 17 heavy (non-hydrogen) atoms. The van der Waals surface area contributed by atoms with E-state index in [0.29, 0.717) is 0 Å². The third-order valence-corrected chi connectivity index (χ3v) is 3.40. The summed E-state index contributed by atoms with van der Waals surface area (Å²) >= 11 is 3.38. The molecule has 1 rings (SSSR count). The molecule has 0 aliphatic heterocycles. The van der Waals surface area contributed by atoms with Crippen molar-refractivity contribution in [3.8, 4) is 0 Å². The Morgan fingerprint density at radius 3 is 2.88 bits per heavy atom. The fraction of sp³-hybridized carbons (Fsp3) is 0.636. The van der Waals surface area contributed by atoms with Crippen molar-refractivity contribution in [3.63, 3.8) is 0 Å². The number of hydrogen-bond acceptors (Lipinski definition) is 4. The maximum absolute atomic E-state index is 10.9. The summed E-state index contributed by atoms with van der Waals surface area (Å²) < 4.78 is 11.7. The third kappa shape index (κ3) is 6.12. The van der Waals surface area contributed by atoms with Gasteiger partial charge in [0.1, 0.15) is 16.2 Å². The van der Waals surface area contributed by atoms with Crippen LogP contribution in [0.25, 0.3) is 0 Å². The Morgan fingerprint density at radius 2 is 2.24 bits per heavy atom. The highest BCUT2D eigenvalue weighted by Gasteiger charge is 2.02. The van der Waals surface area contributed by atoms with Crippen molar-refractivity contribution < 1.29 is 4.21 Å². The molecule has 0 fully saturated rings. The van der Waals surface area contributed by atoms with Crippen LogP contribution in [-0.4, -0.2) is 32.7 Å². The summed E-state index contributed by atoms with van der Waals surface area (Å²) in [6.45, 7) is 2.89. The summed E-state index contributed by atoms with van der Waals surface area (Å²) in [6.07, 6.45) is 4.52. The van der Waals surface area contributed by atoms with Gasteiger partial charge in [0.25, 0.3) is 0 Å². The van der Waals surface area contributed by atoms with Gasteiger partial charge in [-0.1, -0.05) is 6.92 Å². The molecule has 0 radical (unpaired) electrons. The lowest BCUT2D eigenvalue weighted by Gasteiger charge is -2.07. The monoisotopic (exact) mass is 319 g/mol. The Labute approximate surface area is 113 Å². The summed E-state index contributed by atoms with van der Waals surface area (Å²) in [4.78, 5) is 8.71. The van der Waals surface area contributed by atoms with Crippen molar-refractivity contribution in [2.75, 3.05) is 23.9 Å². The van der Waals surface area contributed by atoms with Crippen molar-refractivity contribution in [2.45, 2.75) is 26.2 Å². The van der Waals surface area contributed by atoms with E-state index in [9.17, 15) is 4.21 Å². The molecule has 1 heterocycles. The van der Waals surface area contributed by atoms with E-state index >= 15 is 0 Å². The van der Waals surface area contributed by atoms with E-state index in [0.717, 1.165) is 47.8 Å². The zero-order valence-electron chi connectivity index (χ0n) is 10.2. The molecule has 1 N–H and O–H groups in total. The summed E-state index contributed by atoms with van der Waals surface area (Å²) in [7, 11) is -0.717. The maximum Gasteiger partial charge on any atom is 0.132 e. The van der Waals surface area contributed by atoms with Gasteiger partial charge in [-0.3, -0.25) is 4.21 Å². The average molecular weight is 320 g/mol. The Balaban J connectivity index is 2.49. The van der Waals surface area contributed by atoms with Crippen LogP contribution in [0.4, 0.5) is 5.82 Å². The first-order chi connectivity index (χ1) is 8.11. The molecule has 1 aromatic rings. The molecular weight excluding hydrogens is 302 g/mol. The fourth-order valence-electron chi connectivity index (χ4n) is 1.38. The summed E-state index contributed by atoms with van der Waals surface area (Å²) in [5.41, 5.74) is 0. The number of nitrogens with one attached hydrogen (secondary N) is 1. The molecule has 0 saturated carbocycles. The van der Waals surface area contributed by atoms with Crippen LogP contribution < -0.4 is 5.32 Å². The lowest BCUT2D eigenvalue weighted by molar-refractivity contribution is 0.685. The molecule has 4 nitrogen and oxygen atoms in total. The van der Waals surface area contributed by atoms with E-state index in [1.807, 2.05) is 6.07 Å². The van der Waals surface area contributed by atoms with Crippen molar-refractivity contribution >= 4 is 32.5 Å². The molecule has 1 aromatic heterocycles. The van der Waals surface area contributed by atoms with E-state index in [2.05, 4.69) is 38.1 Å². The van der Waals surface area contributed by atoms with Gasteiger partial charge in [0.2, 0.25) is 0 Å². The molecule has 96 valence electrons. The molecule has 1 atom stereocenters. The minimum absolute atomic E-state index is 0.717. The van der Waals surface area contributed by atoms with Crippen molar-refractivity contribution in [1.82, 2.24) is 9.97 Å². The number of hydrogen-bond donors (Lipinski definition) is 1. The Kier molecular flexibility index (Phi) is 6.65. The van der Waals surface area contributed by atoms with Gasteiger partial charge in [-0.05, 0) is 28.8 Å².